The molecule has 128 valence electrons. The smallest absolute Gasteiger partial charge is 0.0776 e. The molecule has 0 amide bonds. The summed E-state index contributed by atoms with van der Waals surface area (Å²) < 4.78 is 4.12. The van der Waals surface area contributed by atoms with E-state index >= 15 is 0 Å². The lowest BCUT2D eigenvalue weighted by Crippen LogP contribution is -2.44. The zero-order valence-corrected chi connectivity index (χ0v) is 15.1. The fourth-order valence-corrected chi connectivity index (χ4v) is 4.27. The van der Waals surface area contributed by atoms with E-state index in [9.17, 15) is 0 Å². The largest absolute Gasteiger partial charge is 0.369 e. The molecule has 3 heterocycles. The SMILES string of the molecule is CN1CCN(c2ccc3c(c2)CN(Cl)c2cccc4ccn-3c24)CC1. The highest BCUT2D eigenvalue weighted by Crippen LogP contribution is 2.37. The van der Waals surface area contributed by atoms with Crippen LogP contribution in [0.15, 0.2) is 48.7 Å². The monoisotopic (exact) mass is 352 g/mol. The minimum atomic E-state index is 0.708. The summed E-state index contributed by atoms with van der Waals surface area (Å²) in [4.78, 5) is 4.86. The summed E-state index contributed by atoms with van der Waals surface area (Å²) >= 11 is 6.66. The Labute approximate surface area is 152 Å². The number of halogens is 1. The van der Waals surface area contributed by atoms with Crippen molar-refractivity contribution in [2.75, 3.05) is 42.5 Å². The summed E-state index contributed by atoms with van der Waals surface area (Å²) in [6.07, 6.45) is 2.15. The first kappa shape index (κ1) is 15.1. The molecule has 0 bridgehead atoms. The molecule has 2 aliphatic rings. The highest BCUT2D eigenvalue weighted by atomic mass is 35.5. The number of para-hydroxylation sites is 1. The number of nitrogens with zero attached hydrogens (tertiary/aromatic N) is 4. The van der Waals surface area contributed by atoms with Crippen molar-refractivity contribution >= 4 is 34.1 Å². The minimum Gasteiger partial charge on any atom is -0.369 e. The predicted molar refractivity (Wildman–Crippen MR) is 105 cm³/mol. The summed E-state index contributed by atoms with van der Waals surface area (Å²) in [5, 5.41) is 1.22. The molecule has 0 spiro atoms. The van der Waals surface area contributed by atoms with Gasteiger partial charge in [-0.2, -0.15) is 0 Å². The van der Waals surface area contributed by atoms with E-state index in [-0.39, 0.29) is 0 Å². The maximum absolute atomic E-state index is 6.66. The molecule has 0 radical (unpaired) electrons. The number of benzene rings is 2. The fraction of sp³-hybridized carbons (Fsp3) is 0.300. The number of piperazine rings is 1. The predicted octanol–water partition coefficient (Wildman–Crippen LogP) is 3.86. The molecule has 1 aromatic heterocycles. The van der Waals surface area contributed by atoms with E-state index < -0.39 is 0 Å². The molecule has 0 N–H and O–H groups in total. The van der Waals surface area contributed by atoms with E-state index in [4.69, 9.17) is 11.8 Å². The van der Waals surface area contributed by atoms with Crippen molar-refractivity contribution in [1.29, 1.82) is 0 Å². The highest BCUT2D eigenvalue weighted by Gasteiger charge is 2.22. The van der Waals surface area contributed by atoms with Crippen LogP contribution >= 0.6 is 11.8 Å². The maximum Gasteiger partial charge on any atom is 0.0776 e. The van der Waals surface area contributed by atoms with E-state index in [1.54, 1.807) is 0 Å². The van der Waals surface area contributed by atoms with Gasteiger partial charge in [0.05, 0.1) is 23.4 Å². The molecule has 0 atom stereocenters. The first-order chi connectivity index (χ1) is 12.2. The van der Waals surface area contributed by atoms with Crippen LogP contribution in [-0.4, -0.2) is 42.7 Å². The average Bonchev–Trinajstić information content (AvgIpc) is 3.01. The van der Waals surface area contributed by atoms with E-state index in [1.807, 2.05) is 4.42 Å². The molecule has 25 heavy (non-hydrogen) atoms. The number of hydrogen-bond donors (Lipinski definition) is 0. The summed E-state index contributed by atoms with van der Waals surface area (Å²) in [5.74, 6) is 0. The Morgan fingerprint density at radius 1 is 0.920 bits per heavy atom. The van der Waals surface area contributed by atoms with Crippen LogP contribution in [0.4, 0.5) is 11.4 Å². The fourth-order valence-electron chi connectivity index (χ4n) is 4.00. The first-order valence-corrected chi connectivity index (χ1v) is 9.15. The first-order valence-electron chi connectivity index (χ1n) is 8.81. The lowest BCUT2D eigenvalue weighted by molar-refractivity contribution is 0.313. The molecule has 3 aromatic rings. The number of likely N-dealkylation sites (N-methyl/N-ethyl adjacent to an activating group) is 1. The highest BCUT2D eigenvalue weighted by molar-refractivity contribution is 6.27. The van der Waals surface area contributed by atoms with Gasteiger partial charge in [-0.15, -0.1) is 0 Å². The van der Waals surface area contributed by atoms with Crippen molar-refractivity contribution in [3.63, 3.8) is 0 Å². The molecule has 5 rings (SSSR count). The Hall–Kier alpha value is -2.17. The molecule has 1 saturated heterocycles. The van der Waals surface area contributed by atoms with Crippen molar-refractivity contribution in [2.24, 2.45) is 0 Å². The van der Waals surface area contributed by atoms with E-state index in [2.05, 4.69) is 70.1 Å². The Balaban J connectivity index is 1.61. The van der Waals surface area contributed by atoms with Gasteiger partial charge in [0, 0.05) is 55.2 Å². The lowest BCUT2D eigenvalue weighted by Gasteiger charge is -2.34. The molecule has 5 heteroatoms. The van der Waals surface area contributed by atoms with Crippen molar-refractivity contribution in [2.45, 2.75) is 6.54 Å². The summed E-state index contributed by atoms with van der Waals surface area (Å²) in [6, 6.07) is 15.3. The number of hydrogen-bond acceptors (Lipinski definition) is 3. The van der Waals surface area contributed by atoms with Gasteiger partial charge in [-0.3, -0.25) is 4.42 Å². The van der Waals surface area contributed by atoms with Crippen LogP contribution in [0.25, 0.3) is 16.6 Å². The Morgan fingerprint density at radius 2 is 1.76 bits per heavy atom. The average molecular weight is 353 g/mol. The molecule has 0 unspecified atom stereocenters. The van der Waals surface area contributed by atoms with Crippen molar-refractivity contribution in [1.82, 2.24) is 9.47 Å². The quantitative estimate of drug-likeness (QED) is 0.618. The van der Waals surface area contributed by atoms with Gasteiger partial charge in [-0.1, -0.05) is 12.1 Å². The number of anilines is 2. The van der Waals surface area contributed by atoms with Gasteiger partial charge in [0.1, 0.15) is 0 Å². The van der Waals surface area contributed by atoms with Crippen molar-refractivity contribution < 1.29 is 0 Å². The molecule has 0 saturated carbocycles. The van der Waals surface area contributed by atoms with Crippen molar-refractivity contribution in [3.8, 4) is 5.69 Å². The molecule has 1 fully saturated rings. The zero-order valence-electron chi connectivity index (χ0n) is 14.3. The van der Waals surface area contributed by atoms with Gasteiger partial charge in [-0.05, 0) is 42.9 Å². The molecular formula is C20H21ClN4. The number of fused-ring (bicyclic) bond motifs is 2. The number of aromatic nitrogens is 1. The third-order valence-corrected chi connectivity index (χ3v) is 5.75. The summed E-state index contributed by atoms with van der Waals surface area (Å²) in [5.41, 5.74) is 6.04. The lowest BCUT2D eigenvalue weighted by atomic mass is 10.1. The molecule has 2 aromatic carbocycles. The van der Waals surface area contributed by atoms with Gasteiger partial charge in [0.2, 0.25) is 0 Å². The summed E-state index contributed by atoms with van der Waals surface area (Å²) in [6.45, 7) is 5.09. The molecular weight excluding hydrogens is 332 g/mol. The maximum atomic E-state index is 6.66. The Bertz CT molecular complexity index is 940. The van der Waals surface area contributed by atoms with Gasteiger partial charge in [0.25, 0.3) is 0 Å². The van der Waals surface area contributed by atoms with E-state index in [1.165, 1.54) is 27.8 Å². The Kier molecular flexibility index (Phi) is 3.43. The second-order valence-corrected chi connectivity index (χ2v) is 7.43. The van der Waals surface area contributed by atoms with Gasteiger partial charge in [0.15, 0.2) is 0 Å². The van der Waals surface area contributed by atoms with Gasteiger partial charge in [-0.25, -0.2) is 0 Å². The third kappa shape index (κ3) is 2.40. The van der Waals surface area contributed by atoms with Crippen LogP contribution in [0.3, 0.4) is 0 Å². The van der Waals surface area contributed by atoms with Gasteiger partial charge < -0.3 is 14.4 Å². The van der Waals surface area contributed by atoms with Gasteiger partial charge >= 0.3 is 0 Å². The third-order valence-electron chi connectivity index (χ3n) is 5.45. The van der Waals surface area contributed by atoms with Crippen LogP contribution in [0.2, 0.25) is 0 Å². The van der Waals surface area contributed by atoms with Crippen LogP contribution in [-0.2, 0) is 6.54 Å². The van der Waals surface area contributed by atoms with E-state index in [0.717, 1.165) is 31.9 Å². The van der Waals surface area contributed by atoms with Crippen LogP contribution < -0.4 is 9.32 Å². The second kappa shape index (κ2) is 5.68. The minimum absolute atomic E-state index is 0.708. The van der Waals surface area contributed by atoms with Crippen molar-refractivity contribution in [3.05, 3.63) is 54.2 Å². The van der Waals surface area contributed by atoms with Crippen LogP contribution in [0, 0.1) is 0 Å². The van der Waals surface area contributed by atoms with E-state index in [0.29, 0.717) is 6.54 Å². The zero-order chi connectivity index (χ0) is 17.0. The second-order valence-electron chi connectivity index (χ2n) is 7.02. The molecule has 4 nitrogen and oxygen atoms in total. The molecule has 2 aliphatic heterocycles. The standard InChI is InChI=1S/C20H21ClN4/c1-22-9-11-23(12-10-22)17-5-6-18-16(13-17)14-25(21)19-4-2-3-15-7-8-24(18)20(15)19/h2-8,13H,9-12,14H2,1H3. The normalized spacial score (nSPS) is 17.7. The van der Waals surface area contributed by atoms with Crippen LogP contribution in [0.5, 0.6) is 0 Å². The summed E-state index contributed by atoms with van der Waals surface area (Å²) in [7, 11) is 2.19. The molecule has 0 aliphatic carbocycles. The number of rotatable bonds is 1. The van der Waals surface area contributed by atoms with Crippen LogP contribution in [0.1, 0.15) is 5.56 Å². The topological polar surface area (TPSA) is 14.7 Å². The Morgan fingerprint density at radius 3 is 2.60 bits per heavy atom.